The highest BCUT2D eigenvalue weighted by atomic mass is 32.2. The maximum atomic E-state index is 4.49. The van der Waals surface area contributed by atoms with E-state index in [1.54, 1.807) is 11.3 Å². The van der Waals surface area contributed by atoms with Gasteiger partial charge in [0.1, 0.15) is 0 Å². The normalized spacial score (nSPS) is 19.4. The molecule has 0 bridgehead atoms. The van der Waals surface area contributed by atoms with Gasteiger partial charge >= 0.3 is 0 Å². The molecule has 0 amide bonds. The van der Waals surface area contributed by atoms with Crippen LogP contribution in [0.4, 0.5) is 0 Å². The van der Waals surface area contributed by atoms with Crippen molar-refractivity contribution in [3.8, 4) is 0 Å². The van der Waals surface area contributed by atoms with Crippen molar-refractivity contribution in [2.45, 2.75) is 50.3 Å². The molecule has 2 nitrogen and oxygen atoms in total. The number of hydrogen-bond acceptors (Lipinski definition) is 4. The van der Waals surface area contributed by atoms with Crippen molar-refractivity contribution in [2.24, 2.45) is 0 Å². The molecule has 0 spiro atoms. The second-order valence-corrected chi connectivity index (χ2v) is 7.25. The lowest BCUT2D eigenvalue weighted by Crippen LogP contribution is -2.39. The maximum absolute atomic E-state index is 4.49. The van der Waals surface area contributed by atoms with Gasteiger partial charge in [0.2, 0.25) is 0 Å². The van der Waals surface area contributed by atoms with Gasteiger partial charge in [-0.1, -0.05) is 19.3 Å². The Morgan fingerprint density at radius 1 is 1.41 bits per heavy atom. The van der Waals surface area contributed by atoms with Crippen LogP contribution >= 0.6 is 23.1 Å². The first-order chi connectivity index (χ1) is 8.24. The molecule has 1 aromatic heterocycles. The minimum atomic E-state index is 0.489. The van der Waals surface area contributed by atoms with E-state index in [0.29, 0.717) is 4.75 Å². The lowest BCUT2D eigenvalue weighted by Gasteiger charge is -2.36. The molecule has 1 heterocycles. The predicted octanol–water partition coefficient (Wildman–Crippen LogP) is 3.61. The lowest BCUT2D eigenvalue weighted by molar-refractivity contribution is 0.379. The number of nitrogens with one attached hydrogen (secondary N) is 1. The molecule has 96 valence electrons. The Morgan fingerprint density at radius 2 is 2.18 bits per heavy atom. The molecule has 0 aliphatic heterocycles. The summed E-state index contributed by atoms with van der Waals surface area (Å²) < 4.78 is 0.489. The van der Waals surface area contributed by atoms with E-state index < -0.39 is 0 Å². The summed E-state index contributed by atoms with van der Waals surface area (Å²) in [5.41, 5.74) is 1.19. The highest BCUT2D eigenvalue weighted by Crippen LogP contribution is 2.37. The van der Waals surface area contributed by atoms with Gasteiger partial charge < -0.3 is 5.32 Å². The van der Waals surface area contributed by atoms with E-state index in [-0.39, 0.29) is 0 Å². The Kier molecular flexibility index (Phi) is 4.88. The van der Waals surface area contributed by atoms with Gasteiger partial charge in [-0.2, -0.15) is 11.8 Å². The SMILES string of the molecule is CSC1(CNCc2csc(C)n2)CCCCC1. The number of aryl methyl sites for hydroxylation is 1. The van der Waals surface area contributed by atoms with Crippen LogP contribution in [0, 0.1) is 6.92 Å². The molecule has 1 fully saturated rings. The zero-order chi connectivity index (χ0) is 12.1. The van der Waals surface area contributed by atoms with Gasteiger partial charge in [0, 0.05) is 23.2 Å². The van der Waals surface area contributed by atoms with E-state index in [1.807, 2.05) is 0 Å². The van der Waals surface area contributed by atoms with Gasteiger partial charge in [0.15, 0.2) is 0 Å². The number of nitrogens with zero attached hydrogens (tertiary/aromatic N) is 1. The summed E-state index contributed by atoms with van der Waals surface area (Å²) in [7, 11) is 0. The lowest BCUT2D eigenvalue weighted by atomic mass is 9.88. The summed E-state index contributed by atoms with van der Waals surface area (Å²) in [6, 6.07) is 0. The van der Waals surface area contributed by atoms with Crippen molar-refractivity contribution >= 4 is 23.1 Å². The van der Waals surface area contributed by atoms with Crippen LogP contribution in [0.5, 0.6) is 0 Å². The fourth-order valence-corrected chi connectivity index (χ4v) is 4.11. The third-order valence-electron chi connectivity index (χ3n) is 3.62. The monoisotopic (exact) mass is 270 g/mol. The number of thiazole rings is 1. The Hall–Kier alpha value is -0.0600. The first-order valence-electron chi connectivity index (χ1n) is 6.41. The zero-order valence-corrected chi connectivity index (χ0v) is 12.4. The molecule has 0 aromatic carbocycles. The molecular weight excluding hydrogens is 248 g/mol. The number of aromatic nitrogens is 1. The highest BCUT2D eigenvalue weighted by Gasteiger charge is 2.30. The van der Waals surface area contributed by atoms with Gasteiger partial charge in [0.05, 0.1) is 10.7 Å². The zero-order valence-electron chi connectivity index (χ0n) is 10.8. The van der Waals surface area contributed by atoms with E-state index >= 15 is 0 Å². The fraction of sp³-hybridized carbons (Fsp3) is 0.769. The van der Waals surface area contributed by atoms with Gasteiger partial charge in [-0.3, -0.25) is 0 Å². The molecule has 17 heavy (non-hydrogen) atoms. The first kappa shape index (κ1) is 13.4. The van der Waals surface area contributed by atoms with Crippen LogP contribution in [0.3, 0.4) is 0 Å². The van der Waals surface area contributed by atoms with Crippen molar-refractivity contribution in [1.82, 2.24) is 10.3 Å². The highest BCUT2D eigenvalue weighted by molar-refractivity contribution is 8.00. The van der Waals surface area contributed by atoms with Crippen molar-refractivity contribution in [2.75, 3.05) is 12.8 Å². The Bertz CT molecular complexity index is 343. The topological polar surface area (TPSA) is 24.9 Å². The molecule has 0 saturated heterocycles. The minimum Gasteiger partial charge on any atom is -0.310 e. The van der Waals surface area contributed by atoms with Crippen molar-refractivity contribution in [1.29, 1.82) is 0 Å². The molecule has 1 aliphatic rings. The first-order valence-corrected chi connectivity index (χ1v) is 8.51. The molecule has 2 rings (SSSR count). The van der Waals surface area contributed by atoms with E-state index in [9.17, 15) is 0 Å². The van der Waals surface area contributed by atoms with Crippen molar-refractivity contribution in [3.05, 3.63) is 16.1 Å². The number of rotatable bonds is 5. The molecule has 1 N–H and O–H groups in total. The summed E-state index contributed by atoms with van der Waals surface area (Å²) in [5.74, 6) is 0. The van der Waals surface area contributed by atoms with Gasteiger partial charge in [-0.15, -0.1) is 11.3 Å². The van der Waals surface area contributed by atoms with Crippen LogP contribution in [0.25, 0.3) is 0 Å². The molecule has 1 aromatic rings. The quantitative estimate of drug-likeness (QED) is 0.885. The van der Waals surface area contributed by atoms with E-state index in [2.05, 4.69) is 40.6 Å². The molecular formula is C13H22N2S2. The maximum Gasteiger partial charge on any atom is 0.0897 e. The second kappa shape index (κ2) is 6.21. The van der Waals surface area contributed by atoms with Crippen molar-refractivity contribution in [3.63, 3.8) is 0 Å². The van der Waals surface area contributed by atoms with Crippen molar-refractivity contribution < 1.29 is 0 Å². The fourth-order valence-electron chi connectivity index (χ4n) is 2.56. The van der Waals surface area contributed by atoms with Crippen LogP contribution in [-0.4, -0.2) is 22.5 Å². The van der Waals surface area contributed by atoms with Crippen LogP contribution in [0.2, 0.25) is 0 Å². The standard InChI is InChI=1S/C13H22N2S2/c1-11-15-12(9-17-11)8-14-10-13(16-2)6-4-3-5-7-13/h9,14H,3-8,10H2,1-2H3. The third-order valence-corrected chi connectivity index (χ3v) is 5.86. The summed E-state index contributed by atoms with van der Waals surface area (Å²) in [6.07, 6.45) is 9.23. The van der Waals surface area contributed by atoms with Gasteiger partial charge in [0.25, 0.3) is 0 Å². The summed E-state index contributed by atoms with van der Waals surface area (Å²) in [5, 5.41) is 6.93. The summed E-state index contributed by atoms with van der Waals surface area (Å²) >= 11 is 3.79. The molecule has 0 atom stereocenters. The molecule has 0 unspecified atom stereocenters. The molecule has 1 saturated carbocycles. The Balaban J connectivity index is 1.79. The Morgan fingerprint density at radius 3 is 2.76 bits per heavy atom. The summed E-state index contributed by atoms with van der Waals surface area (Å²) in [4.78, 5) is 4.49. The smallest absolute Gasteiger partial charge is 0.0897 e. The van der Waals surface area contributed by atoms with Gasteiger partial charge in [-0.05, 0) is 26.0 Å². The average Bonchev–Trinajstić information content (AvgIpc) is 2.76. The van der Waals surface area contributed by atoms with Gasteiger partial charge in [-0.25, -0.2) is 4.98 Å². The summed E-state index contributed by atoms with van der Waals surface area (Å²) in [6.45, 7) is 4.12. The van der Waals surface area contributed by atoms with E-state index in [0.717, 1.165) is 13.1 Å². The molecule has 0 radical (unpaired) electrons. The molecule has 1 aliphatic carbocycles. The second-order valence-electron chi connectivity index (χ2n) is 4.91. The number of hydrogen-bond donors (Lipinski definition) is 1. The third kappa shape index (κ3) is 3.70. The minimum absolute atomic E-state index is 0.489. The van der Waals surface area contributed by atoms with E-state index in [1.165, 1.54) is 42.8 Å². The largest absolute Gasteiger partial charge is 0.310 e. The van der Waals surface area contributed by atoms with Crippen LogP contribution in [-0.2, 0) is 6.54 Å². The number of thioether (sulfide) groups is 1. The average molecular weight is 270 g/mol. The van der Waals surface area contributed by atoms with Crippen LogP contribution in [0.15, 0.2) is 5.38 Å². The van der Waals surface area contributed by atoms with Crippen LogP contribution in [0.1, 0.15) is 42.8 Å². The molecule has 4 heteroatoms. The van der Waals surface area contributed by atoms with Crippen LogP contribution < -0.4 is 5.32 Å². The predicted molar refractivity (Wildman–Crippen MR) is 77.9 cm³/mol. The van der Waals surface area contributed by atoms with E-state index in [4.69, 9.17) is 0 Å². The Labute approximate surface area is 113 Å².